The summed E-state index contributed by atoms with van der Waals surface area (Å²) in [7, 11) is 0. The monoisotopic (exact) mass is 266 g/mol. The second-order valence-electron chi connectivity index (χ2n) is 5.30. The van der Waals surface area contributed by atoms with E-state index in [1.165, 1.54) is 6.07 Å². The molecule has 0 spiro atoms. The zero-order chi connectivity index (χ0) is 14.6. The highest BCUT2D eigenvalue weighted by molar-refractivity contribution is 5.88. The number of carboxylic acids is 1. The number of aliphatic hydroxyl groups is 1. The Morgan fingerprint density at radius 1 is 1.32 bits per heavy atom. The summed E-state index contributed by atoms with van der Waals surface area (Å²) in [6, 6.07) is 2.94. The highest BCUT2D eigenvalue weighted by Crippen LogP contribution is 2.19. The number of anilines is 1. The molecule has 1 rings (SSSR count). The predicted molar refractivity (Wildman–Crippen MR) is 74.6 cm³/mol. The smallest absolute Gasteiger partial charge is 0.335 e. The van der Waals surface area contributed by atoms with Gasteiger partial charge in [0.15, 0.2) is 0 Å². The highest BCUT2D eigenvalue weighted by Gasteiger charge is 2.15. The molecular formula is C14H22N2O3. The van der Waals surface area contributed by atoms with E-state index in [4.69, 9.17) is 5.11 Å². The molecule has 0 aliphatic carbocycles. The van der Waals surface area contributed by atoms with E-state index in [1.54, 1.807) is 6.07 Å². The minimum absolute atomic E-state index is 0.0202. The Morgan fingerprint density at radius 2 is 1.95 bits per heavy atom. The third-order valence-electron chi connectivity index (χ3n) is 3.02. The summed E-state index contributed by atoms with van der Waals surface area (Å²) in [6.45, 7) is 7.87. The second kappa shape index (κ2) is 6.52. The molecule has 1 heterocycles. The number of pyridine rings is 1. The Balaban J connectivity index is 3.09. The molecule has 0 aliphatic heterocycles. The molecule has 19 heavy (non-hydrogen) atoms. The fraction of sp³-hybridized carbons (Fsp3) is 0.571. The SMILES string of the molecule is CC(C)c1cc(C(=O)O)cc(NC(CO)C(C)C)n1. The minimum Gasteiger partial charge on any atom is -0.478 e. The van der Waals surface area contributed by atoms with Gasteiger partial charge in [-0.1, -0.05) is 27.7 Å². The number of hydrogen-bond donors (Lipinski definition) is 3. The average Bonchev–Trinajstić information content (AvgIpc) is 2.34. The van der Waals surface area contributed by atoms with E-state index in [9.17, 15) is 9.90 Å². The van der Waals surface area contributed by atoms with Crippen molar-refractivity contribution in [3.8, 4) is 0 Å². The van der Waals surface area contributed by atoms with Crippen molar-refractivity contribution in [2.24, 2.45) is 5.92 Å². The van der Waals surface area contributed by atoms with Crippen molar-refractivity contribution in [2.45, 2.75) is 39.7 Å². The Labute approximate surface area is 113 Å². The molecule has 1 aromatic rings. The lowest BCUT2D eigenvalue weighted by molar-refractivity contribution is 0.0696. The fourth-order valence-corrected chi connectivity index (χ4v) is 1.66. The summed E-state index contributed by atoms with van der Waals surface area (Å²) >= 11 is 0. The van der Waals surface area contributed by atoms with E-state index in [1.807, 2.05) is 27.7 Å². The van der Waals surface area contributed by atoms with Gasteiger partial charge in [-0.3, -0.25) is 0 Å². The van der Waals surface area contributed by atoms with Gasteiger partial charge >= 0.3 is 5.97 Å². The van der Waals surface area contributed by atoms with Gasteiger partial charge in [0.2, 0.25) is 0 Å². The Bertz CT molecular complexity index is 444. The van der Waals surface area contributed by atoms with Gasteiger partial charge < -0.3 is 15.5 Å². The molecule has 0 aliphatic rings. The standard InChI is InChI=1S/C14H22N2O3/c1-8(2)11-5-10(14(18)19)6-13(15-11)16-12(7-17)9(3)4/h5-6,8-9,12,17H,7H2,1-4H3,(H,15,16)(H,18,19). The van der Waals surface area contributed by atoms with E-state index in [2.05, 4.69) is 10.3 Å². The van der Waals surface area contributed by atoms with E-state index in [-0.39, 0.29) is 30.0 Å². The number of nitrogens with zero attached hydrogens (tertiary/aromatic N) is 1. The maximum atomic E-state index is 11.1. The molecule has 0 fully saturated rings. The molecule has 1 atom stereocenters. The summed E-state index contributed by atoms with van der Waals surface area (Å²) in [6.07, 6.45) is 0. The maximum Gasteiger partial charge on any atom is 0.335 e. The van der Waals surface area contributed by atoms with Gasteiger partial charge in [-0.25, -0.2) is 9.78 Å². The first-order valence-electron chi connectivity index (χ1n) is 6.47. The van der Waals surface area contributed by atoms with Crippen LogP contribution in [0.4, 0.5) is 5.82 Å². The van der Waals surface area contributed by atoms with Crippen LogP contribution in [0.3, 0.4) is 0 Å². The number of nitrogens with one attached hydrogen (secondary N) is 1. The number of aromatic carboxylic acids is 1. The number of carboxylic acid groups (broad SMARTS) is 1. The molecule has 0 saturated carbocycles. The molecule has 5 heteroatoms. The molecule has 5 nitrogen and oxygen atoms in total. The fourth-order valence-electron chi connectivity index (χ4n) is 1.66. The Morgan fingerprint density at radius 3 is 2.37 bits per heavy atom. The van der Waals surface area contributed by atoms with Crippen molar-refractivity contribution in [3.63, 3.8) is 0 Å². The van der Waals surface area contributed by atoms with Crippen LogP contribution in [-0.4, -0.2) is 33.8 Å². The van der Waals surface area contributed by atoms with Crippen molar-refractivity contribution >= 4 is 11.8 Å². The molecule has 3 N–H and O–H groups in total. The quantitative estimate of drug-likeness (QED) is 0.736. The Hall–Kier alpha value is -1.62. The van der Waals surface area contributed by atoms with E-state index in [0.29, 0.717) is 5.82 Å². The molecule has 1 unspecified atom stereocenters. The first-order valence-corrected chi connectivity index (χ1v) is 6.47. The van der Waals surface area contributed by atoms with Gasteiger partial charge in [0.25, 0.3) is 0 Å². The van der Waals surface area contributed by atoms with Crippen LogP contribution in [0.1, 0.15) is 49.7 Å². The van der Waals surface area contributed by atoms with E-state index < -0.39 is 5.97 Å². The number of aliphatic hydroxyl groups excluding tert-OH is 1. The van der Waals surface area contributed by atoms with Gasteiger partial charge in [-0.15, -0.1) is 0 Å². The van der Waals surface area contributed by atoms with Crippen LogP contribution < -0.4 is 5.32 Å². The van der Waals surface area contributed by atoms with Gasteiger partial charge in [0.1, 0.15) is 5.82 Å². The third-order valence-corrected chi connectivity index (χ3v) is 3.02. The van der Waals surface area contributed by atoms with Crippen molar-refractivity contribution in [2.75, 3.05) is 11.9 Å². The first kappa shape index (κ1) is 15.4. The van der Waals surface area contributed by atoms with Crippen LogP contribution >= 0.6 is 0 Å². The molecule has 0 aromatic carbocycles. The lowest BCUT2D eigenvalue weighted by atomic mass is 10.0. The van der Waals surface area contributed by atoms with Gasteiger partial charge in [0, 0.05) is 5.69 Å². The van der Waals surface area contributed by atoms with Crippen LogP contribution in [0, 0.1) is 5.92 Å². The topological polar surface area (TPSA) is 82.5 Å². The molecule has 106 valence electrons. The lowest BCUT2D eigenvalue weighted by Gasteiger charge is -2.21. The van der Waals surface area contributed by atoms with Gasteiger partial charge in [-0.2, -0.15) is 0 Å². The number of rotatable bonds is 6. The predicted octanol–water partition coefficient (Wildman–Crippen LogP) is 2.33. The van der Waals surface area contributed by atoms with Crippen LogP contribution in [0.25, 0.3) is 0 Å². The normalized spacial score (nSPS) is 12.8. The third kappa shape index (κ3) is 4.21. The molecule has 1 aromatic heterocycles. The Kier molecular flexibility index (Phi) is 5.30. The average molecular weight is 266 g/mol. The van der Waals surface area contributed by atoms with Crippen LogP contribution in [-0.2, 0) is 0 Å². The summed E-state index contributed by atoms with van der Waals surface area (Å²) in [4.78, 5) is 15.5. The van der Waals surface area contributed by atoms with Crippen molar-refractivity contribution in [3.05, 3.63) is 23.4 Å². The van der Waals surface area contributed by atoms with E-state index in [0.717, 1.165) is 5.69 Å². The zero-order valence-electron chi connectivity index (χ0n) is 11.8. The molecule has 0 saturated heterocycles. The zero-order valence-corrected chi connectivity index (χ0v) is 11.8. The lowest BCUT2D eigenvalue weighted by Crippen LogP contribution is -2.30. The summed E-state index contributed by atoms with van der Waals surface area (Å²) in [5, 5.41) is 21.5. The van der Waals surface area contributed by atoms with Crippen LogP contribution in [0.2, 0.25) is 0 Å². The summed E-state index contributed by atoms with van der Waals surface area (Å²) in [5.74, 6) is -0.108. The van der Waals surface area contributed by atoms with Gasteiger partial charge in [-0.05, 0) is 24.0 Å². The second-order valence-corrected chi connectivity index (χ2v) is 5.30. The van der Waals surface area contributed by atoms with E-state index >= 15 is 0 Å². The minimum atomic E-state index is -0.975. The first-order chi connectivity index (χ1) is 8.85. The number of hydrogen-bond acceptors (Lipinski definition) is 4. The summed E-state index contributed by atoms with van der Waals surface area (Å²) < 4.78 is 0. The van der Waals surface area contributed by atoms with Gasteiger partial charge in [0.05, 0.1) is 18.2 Å². The number of carbonyl (C=O) groups is 1. The maximum absolute atomic E-state index is 11.1. The highest BCUT2D eigenvalue weighted by atomic mass is 16.4. The number of aromatic nitrogens is 1. The summed E-state index contributed by atoms with van der Waals surface area (Å²) in [5.41, 5.74) is 0.935. The molecule has 0 amide bonds. The molecule has 0 bridgehead atoms. The molecular weight excluding hydrogens is 244 g/mol. The van der Waals surface area contributed by atoms with Crippen LogP contribution in [0.15, 0.2) is 12.1 Å². The molecule has 0 radical (unpaired) electrons. The van der Waals surface area contributed by atoms with Crippen molar-refractivity contribution in [1.82, 2.24) is 4.98 Å². The van der Waals surface area contributed by atoms with Crippen LogP contribution in [0.5, 0.6) is 0 Å². The largest absolute Gasteiger partial charge is 0.478 e. The van der Waals surface area contributed by atoms with Crippen molar-refractivity contribution < 1.29 is 15.0 Å². The van der Waals surface area contributed by atoms with Crippen molar-refractivity contribution in [1.29, 1.82) is 0 Å².